The molecule has 30 heavy (non-hydrogen) atoms. The first kappa shape index (κ1) is 21.2. The fourth-order valence-corrected chi connectivity index (χ4v) is 4.42. The summed E-state index contributed by atoms with van der Waals surface area (Å²) in [5.41, 5.74) is -1.87. The molecule has 4 rings (SSSR count). The summed E-state index contributed by atoms with van der Waals surface area (Å²) < 4.78 is 51.9. The SMILES string of the molecule is O=C(N[C@H](CN1CCCC1)[C@@H](O)c1ccc2c(c1)OCCO2)C1(C(F)(F)F)CCC1. The van der Waals surface area contributed by atoms with Crippen molar-refractivity contribution in [3.63, 3.8) is 0 Å². The summed E-state index contributed by atoms with van der Waals surface area (Å²) in [7, 11) is 0. The summed E-state index contributed by atoms with van der Waals surface area (Å²) in [5, 5.41) is 13.6. The van der Waals surface area contributed by atoms with Crippen molar-refractivity contribution in [2.45, 2.75) is 50.4 Å². The molecule has 1 amide bonds. The summed E-state index contributed by atoms with van der Waals surface area (Å²) in [4.78, 5) is 14.8. The molecule has 3 aliphatic rings. The number of benzene rings is 1. The lowest BCUT2D eigenvalue weighted by molar-refractivity contribution is -0.243. The number of aliphatic hydroxyl groups excluding tert-OH is 1. The highest BCUT2D eigenvalue weighted by Crippen LogP contribution is 2.53. The Morgan fingerprint density at radius 3 is 2.40 bits per heavy atom. The van der Waals surface area contributed by atoms with Crippen molar-refractivity contribution < 1.29 is 32.5 Å². The zero-order valence-corrected chi connectivity index (χ0v) is 16.7. The topological polar surface area (TPSA) is 71.0 Å². The number of halogens is 3. The van der Waals surface area contributed by atoms with E-state index < -0.39 is 29.6 Å². The summed E-state index contributed by atoms with van der Waals surface area (Å²) in [6, 6.07) is 4.10. The van der Waals surface area contributed by atoms with Gasteiger partial charge in [-0.2, -0.15) is 13.2 Å². The third kappa shape index (κ3) is 3.97. The Balaban J connectivity index is 1.55. The fourth-order valence-electron chi connectivity index (χ4n) is 4.42. The van der Waals surface area contributed by atoms with Gasteiger partial charge in [0.05, 0.1) is 6.04 Å². The number of likely N-dealkylation sites (tertiary alicyclic amines) is 1. The largest absolute Gasteiger partial charge is 0.486 e. The fraction of sp³-hybridized carbons (Fsp3) is 0.667. The van der Waals surface area contributed by atoms with Crippen molar-refractivity contribution in [1.29, 1.82) is 0 Å². The number of amides is 1. The molecule has 2 aliphatic heterocycles. The molecule has 166 valence electrons. The molecule has 0 spiro atoms. The summed E-state index contributed by atoms with van der Waals surface area (Å²) in [6.45, 7) is 2.70. The smallest absolute Gasteiger partial charge is 0.403 e. The van der Waals surface area contributed by atoms with Crippen LogP contribution in [0.1, 0.15) is 43.8 Å². The van der Waals surface area contributed by atoms with Crippen LogP contribution in [-0.2, 0) is 4.79 Å². The second-order valence-electron chi connectivity index (χ2n) is 8.37. The van der Waals surface area contributed by atoms with Crippen molar-refractivity contribution in [2.24, 2.45) is 5.41 Å². The minimum absolute atomic E-state index is 0.209. The molecule has 0 radical (unpaired) electrons. The molecule has 6 nitrogen and oxygen atoms in total. The summed E-state index contributed by atoms with van der Waals surface area (Å²) in [5.74, 6) is -0.000310. The normalized spacial score (nSPS) is 22.8. The maximum absolute atomic E-state index is 13.6. The number of carbonyl (C=O) groups is 1. The minimum atomic E-state index is -4.60. The van der Waals surface area contributed by atoms with Crippen LogP contribution in [0.3, 0.4) is 0 Å². The molecular weight excluding hydrogens is 401 g/mol. The van der Waals surface area contributed by atoms with E-state index in [0.29, 0.717) is 36.7 Å². The van der Waals surface area contributed by atoms with Gasteiger partial charge < -0.3 is 24.8 Å². The van der Waals surface area contributed by atoms with Crippen molar-refractivity contribution in [2.75, 3.05) is 32.8 Å². The molecule has 1 saturated carbocycles. The second-order valence-corrected chi connectivity index (χ2v) is 8.37. The van der Waals surface area contributed by atoms with E-state index in [1.807, 2.05) is 0 Å². The molecule has 0 bridgehead atoms. The van der Waals surface area contributed by atoms with E-state index >= 15 is 0 Å². The lowest BCUT2D eigenvalue weighted by Gasteiger charge is -2.42. The maximum atomic E-state index is 13.6. The molecular formula is C21H27F3N2O4. The first-order chi connectivity index (χ1) is 14.3. The maximum Gasteiger partial charge on any atom is 0.403 e. The number of ether oxygens (including phenoxy) is 2. The lowest BCUT2D eigenvalue weighted by Crippen LogP contribution is -2.59. The van der Waals surface area contributed by atoms with Crippen LogP contribution in [0.5, 0.6) is 11.5 Å². The number of fused-ring (bicyclic) bond motifs is 1. The monoisotopic (exact) mass is 428 g/mol. The number of nitrogens with one attached hydrogen (secondary N) is 1. The molecule has 2 atom stereocenters. The zero-order valence-electron chi connectivity index (χ0n) is 16.7. The molecule has 1 saturated heterocycles. The average molecular weight is 428 g/mol. The molecule has 0 aromatic heterocycles. The van der Waals surface area contributed by atoms with Gasteiger partial charge >= 0.3 is 6.18 Å². The van der Waals surface area contributed by atoms with Crippen LogP contribution in [-0.4, -0.2) is 61.0 Å². The van der Waals surface area contributed by atoms with E-state index in [-0.39, 0.29) is 19.4 Å². The van der Waals surface area contributed by atoms with Gasteiger partial charge in [-0.1, -0.05) is 12.5 Å². The van der Waals surface area contributed by atoms with Gasteiger partial charge in [0, 0.05) is 6.54 Å². The van der Waals surface area contributed by atoms with Crippen molar-refractivity contribution in [1.82, 2.24) is 10.2 Å². The van der Waals surface area contributed by atoms with Gasteiger partial charge in [0.25, 0.3) is 0 Å². The van der Waals surface area contributed by atoms with E-state index in [4.69, 9.17) is 9.47 Å². The number of hydrogen-bond acceptors (Lipinski definition) is 5. The Morgan fingerprint density at radius 1 is 1.13 bits per heavy atom. The van der Waals surface area contributed by atoms with Gasteiger partial charge in [-0.15, -0.1) is 0 Å². The van der Waals surface area contributed by atoms with Crippen LogP contribution >= 0.6 is 0 Å². The number of rotatable bonds is 6. The standard InChI is InChI=1S/C21H27F3N2O4/c22-21(23,24)20(6-3-7-20)19(28)25-15(13-26-8-1-2-9-26)18(27)14-4-5-16-17(12-14)30-11-10-29-16/h4-5,12,15,18,27H,1-3,6-11,13H2,(H,25,28)/t15-,18+/m1/s1. The van der Waals surface area contributed by atoms with Crippen LogP contribution in [0.4, 0.5) is 13.2 Å². The van der Waals surface area contributed by atoms with Crippen LogP contribution in [0, 0.1) is 5.41 Å². The van der Waals surface area contributed by atoms with Crippen molar-refractivity contribution in [3.8, 4) is 11.5 Å². The highest BCUT2D eigenvalue weighted by molar-refractivity contribution is 5.84. The van der Waals surface area contributed by atoms with Gasteiger partial charge in [-0.25, -0.2) is 0 Å². The Bertz CT molecular complexity index is 776. The Labute approximate surface area is 173 Å². The molecule has 0 unspecified atom stereocenters. The first-order valence-electron chi connectivity index (χ1n) is 10.5. The van der Waals surface area contributed by atoms with E-state index in [2.05, 4.69) is 10.2 Å². The zero-order chi connectivity index (χ0) is 21.4. The summed E-state index contributed by atoms with van der Waals surface area (Å²) >= 11 is 0. The molecule has 2 fully saturated rings. The molecule has 1 aromatic rings. The van der Waals surface area contributed by atoms with Gasteiger partial charge in [0.15, 0.2) is 11.5 Å². The van der Waals surface area contributed by atoms with Gasteiger partial charge in [-0.05, 0) is 56.5 Å². The quantitative estimate of drug-likeness (QED) is 0.729. The Morgan fingerprint density at radius 2 is 1.80 bits per heavy atom. The third-order valence-corrected chi connectivity index (χ3v) is 6.44. The van der Waals surface area contributed by atoms with Gasteiger partial charge in [-0.3, -0.25) is 4.79 Å². The molecule has 2 heterocycles. The lowest BCUT2D eigenvalue weighted by atomic mass is 9.67. The van der Waals surface area contributed by atoms with E-state index in [0.717, 1.165) is 25.9 Å². The van der Waals surface area contributed by atoms with E-state index in [9.17, 15) is 23.1 Å². The van der Waals surface area contributed by atoms with Crippen molar-refractivity contribution >= 4 is 5.91 Å². The highest BCUT2D eigenvalue weighted by Gasteiger charge is 2.63. The summed E-state index contributed by atoms with van der Waals surface area (Å²) in [6.07, 6.45) is -3.84. The predicted molar refractivity (Wildman–Crippen MR) is 102 cm³/mol. The van der Waals surface area contributed by atoms with E-state index in [1.165, 1.54) is 0 Å². The minimum Gasteiger partial charge on any atom is -0.486 e. The first-order valence-corrected chi connectivity index (χ1v) is 10.5. The number of alkyl halides is 3. The molecule has 1 aromatic carbocycles. The molecule has 9 heteroatoms. The molecule has 1 aliphatic carbocycles. The number of aliphatic hydroxyl groups is 1. The van der Waals surface area contributed by atoms with Gasteiger partial charge in [0.2, 0.25) is 5.91 Å². The number of nitrogens with zero attached hydrogens (tertiary/aromatic N) is 1. The number of hydrogen-bond donors (Lipinski definition) is 2. The van der Waals surface area contributed by atoms with Crippen LogP contribution in [0.25, 0.3) is 0 Å². The highest BCUT2D eigenvalue weighted by atomic mass is 19.4. The third-order valence-electron chi connectivity index (χ3n) is 6.44. The Kier molecular flexibility index (Phi) is 5.85. The predicted octanol–water partition coefficient (Wildman–Crippen LogP) is 2.80. The van der Waals surface area contributed by atoms with E-state index in [1.54, 1.807) is 18.2 Å². The Hall–Kier alpha value is -2.00. The number of carbonyl (C=O) groups excluding carboxylic acids is 1. The van der Waals surface area contributed by atoms with Crippen LogP contribution in [0.15, 0.2) is 18.2 Å². The average Bonchev–Trinajstić information content (AvgIpc) is 3.17. The van der Waals surface area contributed by atoms with Crippen LogP contribution < -0.4 is 14.8 Å². The van der Waals surface area contributed by atoms with Crippen LogP contribution in [0.2, 0.25) is 0 Å². The van der Waals surface area contributed by atoms with Gasteiger partial charge in [0.1, 0.15) is 24.7 Å². The second kappa shape index (κ2) is 8.26. The molecule has 2 N–H and O–H groups in total. The van der Waals surface area contributed by atoms with Crippen molar-refractivity contribution in [3.05, 3.63) is 23.8 Å².